The molecule has 1 aromatic carbocycles. The molecule has 6 N–H and O–H groups in total. The molecular weight excluding hydrogens is 644 g/mol. The molecule has 0 aliphatic heterocycles. The van der Waals surface area contributed by atoms with Crippen molar-refractivity contribution >= 4 is 23.8 Å². The maximum Gasteiger partial charge on any atom is 0.334 e. The Morgan fingerprint density at radius 2 is 0.961 bits per heavy atom. The maximum atomic E-state index is 13.7. The van der Waals surface area contributed by atoms with E-state index in [4.69, 9.17) is 20.9 Å². The zero-order chi connectivity index (χ0) is 38.5. The Bertz CT molecular complexity index is 1180. The highest BCUT2D eigenvalue weighted by molar-refractivity contribution is 5.90. The lowest BCUT2D eigenvalue weighted by Crippen LogP contribution is -2.53. The Balaban J connectivity index is 3.11. The summed E-state index contributed by atoms with van der Waals surface area (Å²) in [6, 6.07) is 1.67. The Labute approximate surface area is 309 Å². The van der Waals surface area contributed by atoms with Gasteiger partial charge in [-0.15, -0.1) is 0 Å². The van der Waals surface area contributed by atoms with Crippen LogP contribution in [-0.4, -0.2) is 47.9 Å². The van der Waals surface area contributed by atoms with Crippen LogP contribution in [0.5, 0.6) is 11.5 Å². The third-order valence-electron chi connectivity index (χ3n) is 9.50. The van der Waals surface area contributed by atoms with E-state index in [1.165, 1.54) is 64.2 Å². The molecule has 0 unspecified atom stereocenters. The fourth-order valence-electron chi connectivity index (χ4n) is 5.72. The summed E-state index contributed by atoms with van der Waals surface area (Å²) < 4.78 is 11.9. The zero-order valence-corrected chi connectivity index (χ0v) is 33.4. The number of unbranched alkanes of at least 4 members (excludes halogenated alkanes) is 12. The molecule has 0 aromatic heterocycles. The van der Waals surface area contributed by atoms with Crippen molar-refractivity contribution in [1.29, 1.82) is 0 Å². The van der Waals surface area contributed by atoms with Gasteiger partial charge >= 0.3 is 11.9 Å². The Morgan fingerprint density at radius 1 is 0.569 bits per heavy atom. The highest BCUT2D eigenvalue weighted by atomic mass is 16.6. The SMILES string of the molecule is CCCCCCCCCCCCCCCc1cccc(OC(=O)[C@@H](NC(=O)[C@@H](N)C(C)C)C(C)C)c1OC(=O)[C@@H](NC(=O)[C@@H](N)C(C)C)C(C)C. The molecule has 0 saturated carbocycles. The van der Waals surface area contributed by atoms with Gasteiger partial charge in [0.2, 0.25) is 11.8 Å². The van der Waals surface area contributed by atoms with Crippen molar-refractivity contribution in [2.75, 3.05) is 0 Å². The molecule has 51 heavy (non-hydrogen) atoms. The molecule has 10 heteroatoms. The van der Waals surface area contributed by atoms with Gasteiger partial charge in [-0.1, -0.05) is 151 Å². The second-order valence-electron chi connectivity index (χ2n) is 15.6. The number of carbonyl (C=O) groups is 4. The smallest absolute Gasteiger partial charge is 0.334 e. The van der Waals surface area contributed by atoms with Crippen molar-refractivity contribution in [3.63, 3.8) is 0 Å². The molecule has 0 bridgehead atoms. The van der Waals surface area contributed by atoms with E-state index in [1.807, 2.05) is 47.6 Å². The summed E-state index contributed by atoms with van der Waals surface area (Å²) in [4.78, 5) is 52.9. The summed E-state index contributed by atoms with van der Waals surface area (Å²) in [6.45, 7) is 16.8. The van der Waals surface area contributed by atoms with Crippen LogP contribution in [0, 0.1) is 23.7 Å². The van der Waals surface area contributed by atoms with Gasteiger partial charge in [0.05, 0.1) is 12.1 Å². The van der Waals surface area contributed by atoms with Gasteiger partial charge in [-0.05, 0) is 48.1 Å². The standard InChI is InChI=1S/C41H72N4O6/c1-10-11-12-13-14-15-16-17-18-19-20-21-22-24-31-25-23-26-32(50-40(48)35(29(6)7)44-38(46)33(42)27(2)3)37(31)51-41(49)36(30(8)9)45-39(47)34(43)28(4)5/h23,25-30,33-36H,10-22,24,42-43H2,1-9H3,(H,44,46)(H,45,47)/t33-,34-,35-,36-/m0/s1. The molecule has 0 aliphatic carbocycles. The lowest BCUT2D eigenvalue weighted by molar-refractivity contribution is -0.143. The van der Waals surface area contributed by atoms with Crippen molar-refractivity contribution in [2.24, 2.45) is 35.1 Å². The maximum absolute atomic E-state index is 13.7. The lowest BCUT2D eigenvalue weighted by Gasteiger charge is -2.26. The predicted octanol–water partition coefficient (Wildman–Crippen LogP) is 7.38. The van der Waals surface area contributed by atoms with Crippen molar-refractivity contribution in [3.05, 3.63) is 23.8 Å². The Kier molecular flexibility index (Phi) is 22.6. The van der Waals surface area contributed by atoms with Gasteiger partial charge in [-0.2, -0.15) is 0 Å². The molecule has 1 aromatic rings. The van der Waals surface area contributed by atoms with Crippen LogP contribution in [0.4, 0.5) is 0 Å². The van der Waals surface area contributed by atoms with Crippen LogP contribution in [0.15, 0.2) is 18.2 Å². The average Bonchev–Trinajstić information content (AvgIpc) is 3.07. The lowest BCUT2D eigenvalue weighted by atomic mass is 10.0. The minimum Gasteiger partial charge on any atom is -0.421 e. The van der Waals surface area contributed by atoms with Gasteiger partial charge < -0.3 is 31.6 Å². The second-order valence-corrected chi connectivity index (χ2v) is 15.6. The van der Waals surface area contributed by atoms with Gasteiger partial charge in [-0.25, -0.2) is 9.59 Å². The van der Waals surface area contributed by atoms with Gasteiger partial charge in [0, 0.05) is 0 Å². The molecule has 0 radical (unpaired) electrons. The summed E-state index contributed by atoms with van der Waals surface area (Å²) in [6.07, 6.45) is 16.6. The summed E-state index contributed by atoms with van der Waals surface area (Å²) in [7, 11) is 0. The largest absolute Gasteiger partial charge is 0.421 e. The number of carbonyl (C=O) groups excluding carboxylic acids is 4. The number of nitrogens with one attached hydrogen (secondary N) is 2. The molecule has 1 rings (SSSR count). The number of esters is 2. The van der Waals surface area contributed by atoms with E-state index in [9.17, 15) is 19.2 Å². The number of rotatable bonds is 26. The first-order valence-corrected chi connectivity index (χ1v) is 19.8. The number of para-hydroxylation sites is 1. The fraction of sp³-hybridized carbons (Fsp3) is 0.756. The first-order valence-electron chi connectivity index (χ1n) is 19.8. The van der Waals surface area contributed by atoms with E-state index in [1.54, 1.807) is 26.0 Å². The van der Waals surface area contributed by atoms with Crippen LogP contribution in [0.25, 0.3) is 0 Å². The number of ether oxygens (including phenoxy) is 2. The fourth-order valence-corrected chi connectivity index (χ4v) is 5.72. The quantitative estimate of drug-likeness (QED) is 0.0439. The number of benzene rings is 1. The van der Waals surface area contributed by atoms with Crippen molar-refractivity contribution < 1.29 is 28.7 Å². The van der Waals surface area contributed by atoms with Crippen molar-refractivity contribution in [2.45, 2.75) is 176 Å². The molecule has 0 fully saturated rings. The molecule has 292 valence electrons. The zero-order valence-electron chi connectivity index (χ0n) is 33.4. The molecule has 0 saturated heterocycles. The number of aryl methyl sites for hydroxylation is 1. The van der Waals surface area contributed by atoms with Gasteiger partial charge in [0.1, 0.15) is 12.1 Å². The molecule has 0 spiro atoms. The van der Waals surface area contributed by atoms with Gasteiger partial charge in [0.15, 0.2) is 11.5 Å². The first kappa shape index (κ1) is 46.0. The minimum absolute atomic E-state index is 0.0707. The van der Waals surface area contributed by atoms with E-state index in [0.717, 1.165) is 24.8 Å². The van der Waals surface area contributed by atoms with Crippen LogP contribution in [0.2, 0.25) is 0 Å². The molecule has 0 aliphatic rings. The van der Waals surface area contributed by atoms with E-state index >= 15 is 0 Å². The third kappa shape index (κ3) is 17.4. The van der Waals surface area contributed by atoms with E-state index in [0.29, 0.717) is 6.42 Å². The van der Waals surface area contributed by atoms with Crippen molar-refractivity contribution in [1.82, 2.24) is 10.6 Å². The topological polar surface area (TPSA) is 163 Å². The highest BCUT2D eigenvalue weighted by Crippen LogP contribution is 2.34. The van der Waals surface area contributed by atoms with E-state index in [-0.39, 0.29) is 35.2 Å². The molecule has 4 atom stereocenters. The summed E-state index contributed by atoms with van der Waals surface area (Å²) in [5.74, 6) is -2.89. The van der Waals surface area contributed by atoms with E-state index in [2.05, 4.69) is 17.6 Å². The van der Waals surface area contributed by atoms with Crippen LogP contribution in [0.1, 0.15) is 151 Å². The monoisotopic (exact) mass is 717 g/mol. The van der Waals surface area contributed by atoms with Crippen LogP contribution in [-0.2, 0) is 25.6 Å². The van der Waals surface area contributed by atoms with Gasteiger partial charge in [0.25, 0.3) is 0 Å². The summed E-state index contributed by atoms with van der Waals surface area (Å²) >= 11 is 0. The summed E-state index contributed by atoms with van der Waals surface area (Å²) in [5, 5.41) is 5.50. The van der Waals surface area contributed by atoms with Gasteiger partial charge in [-0.3, -0.25) is 9.59 Å². The van der Waals surface area contributed by atoms with Crippen LogP contribution in [0.3, 0.4) is 0 Å². The average molecular weight is 717 g/mol. The first-order chi connectivity index (χ1) is 24.1. The Hall–Kier alpha value is -2.98. The van der Waals surface area contributed by atoms with Crippen molar-refractivity contribution in [3.8, 4) is 11.5 Å². The molecule has 10 nitrogen and oxygen atoms in total. The Morgan fingerprint density at radius 3 is 1.35 bits per heavy atom. The number of nitrogens with two attached hydrogens (primary N) is 2. The summed E-state index contributed by atoms with van der Waals surface area (Å²) in [5.41, 5.74) is 12.8. The number of hydrogen-bond acceptors (Lipinski definition) is 8. The highest BCUT2D eigenvalue weighted by Gasteiger charge is 2.33. The van der Waals surface area contributed by atoms with E-state index < -0.39 is 47.9 Å². The minimum atomic E-state index is -0.976. The predicted molar refractivity (Wildman–Crippen MR) is 206 cm³/mol. The van der Waals surface area contributed by atoms with Crippen LogP contribution >= 0.6 is 0 Å². The second kappa shape index (κ2) is 25.1. The number of amides is 2. The normalized spacial score (nSPS) is 14.0. The molecule has 2 amide bonds. The molecule has 0 heterocycles. The van der Waals surface area contributed by atoms with Crippen LogP contribution < -0.4 is 31.6 Å². The number of hydrogen-bond donors (Lipinski definition) is 4. The third-order valence-corrected chi connectivity index (χ3v) is 9.50. The molecular formula is C41H72N4O6.